The van der Waals surface area contributed by atoms with Crippen LogP contribution in [0.1, 0.15) is 36.2 Å². The smallest absolute Gasteiger partial charge is 0.223 e. The Morgan fingerprint density at radius 1 is 1.17 bits per heavy atom. The lowest BCUT2D eigenvalue weighted by molar-refractivity contribution is -0.122. The highest BCUT2D eigenvalue weighted by Gasteiger charge is 2.29. The third-order valence-corrected chi connectivity index (χ3v) is 5.62. The van der Waals surface area contributed by atoms with Gasteiger partial charge in [0.05, 0.1) is 17.6 Å². The van der Waals surface area contributed by atoms with Crippen LogP contribution in [-0.4, -0.2) is 28.6 Å². The molecule has 1 saturated carbocycles. The molecule has 0 spiro atoms. The summed E-state index contributed by atoms with van der Waals surface area (Å²) in [5.41, 5.74) is 4.66. The van der Waals surface area contributed by atoms with E-state index in [1.165, 1.54) is 11.1 Å². The van der Waals surface area contributed by atoms with Crippen LogP contribution >= 0.6 is 0 Å². The summed E-state index contributed by atoms with van der Waals surface area (Å²) in [5, 5.41) is 3.04. The second kappa shape index (κ2) is 8.68. The molecule has 0 bridgehead atoms. The number of nitrogens with zero attached hydrogens (tertiary/aromatic N) is 2. The molecule has 0 aliphatic heterocycles. The minimum atomic E-state index is 0.209. The van der Waals surface area contributed by atoms with Gasteiger partial charge in [-0.25, -0.2) is 4.98 Å². The zero-order chi connectivity index (χ0) is 20.2. The van der Waals surface area contributed by atoms with E-state index in [0.29, 0.717) is 13.2 Å². The van der Waals surface area contributed by atoms with E-state index < -0.39 is 0 Å². The molecule has 1 aromatic heterocycles. The molecule has 2 aromatic carbocycles. The zero-order valence-corrected chi connectivity index (χ0v) is 17.3. The van der Waals surface area contributed by atoms with Gasteiger partial charge in [0, 0.05) is 18.9 Å². The Hall–Kier alpha value is -2.82. The topological polar surface area (TPSA) is 56.1 Å². The second-order valence-corrected chi connectivity index (χ2v) is 7.93. The van der Waals surface area contributed by atoms with E-state index in [2.05, 4.69) is 41.9 Å². The van der Waals surface area contributed by atoms with Crippen molar-refractivity contribution in [2.75, 3.05) is 13.2 Å². The average molecular weight is 392 g/mol. The van der Waals surface area contributed by atoms with Crippen LogP contribution in [0.3, 0.4) is 0 Å². The van der Waals surface area contributed by atoms with Gasteiger partial charge >= 0.3 is 0 Å². The summed E-state index contributed by atoms with van der Waals surface area (Å²) in [6, 6.07) is 14.4. The van der Waals surface area contributed by atoms with E-state index in [9.17, 15) is 4.79 Å². The minimum Gasteiger partial charge on any atom is -0.492 e. The maximum atomic E-state index is 11.8. The van der Waals surface area contributed by atoms with E-state index in [0.717, 1.165) is 54.8 Å². The number of rotatable bonds is 9. The highest BCUT2D eigenvalue weighted by atomic mass is 16.5. The number of benzene rings is 2. The number of aromatic nitrogens is 2. The van der Waals surface area contributed by atoms with Crippen molar-refractivity contribution in [3.05, 3.63) is 59.4 Å². The van der Waals surface area contributed by atoms with Gasteiger partial charge in [0.15, 0.2) is 0 Å². The fourth-order valence-electron chi connectivity index (χ4n) is 3.57. The van der Waals surface area contributed by atoms with Crippen LogP contribution in [0.5, 0.6) is 5.75 Å². The Kier molecular flexibility index (Phi) is 5.84. The van der Waals surface area contributed by atoms with Crippen molar-refractivity contribution < 1.29 is 9.53 Å². The van der Waals surface area contributed by atoms with Gasteiger partial charge in [0.1, 0.15) is 18.2 Å². The average Bonchev–Trinajstić information content (AvgIpc) is 3.51. The van der Waals surface area contributed by atoms with Crippen molar-refractivity contribution in [2.24, 2.45) is 5.92 Å². The summed E-state index contributed by atoms with van der Waals surface area (Å²) in [7, 11) is 0. The molecule has 1 fully saturated rings. The number of aryl methyl sites for hydroxylation is 3. The lowest BCUT2D eigenvalue weighted by Gasteiger charge is -2.12. The summed E-state index contributed by atoms with van der Waals surface area (Å²) < 4.78 is 8.25. The predicted molar refractivity (Wildman–Crippen MR) is 115 cm³/mol. The minimum absolute atomic E-state index is 0.209. The quantitative estimate of drug-likeness (QED) is 0.557. The Morgan fingerprint density at radius 3 is 2.79 bits per heavy atom. The molecule has 1 aliphatic rings. The Bertz CT molecular complexity index is 1000. The van der Waals surface area contributed by atoms with Crippen molar-refractivity contribution in [1.29, 1.82) is 0 Å². The first-order valence-electron chi connectivity index (χ1n) is 10.5. The summed E-state index contributed by atoms with van der Waals surface area (Å²) in [4.78, 5) is 16.6. The predicted octanol–water partition coefficient (Wildman–Crippen LogP) is 4.19. The number of nitrogens with one attached hydrogen (secondary N) is 1. The molecule has 5 heteroatoms. The summed E-state index contributed by atoms with van der Waals surface area (Å²) in [5.74, 6) is 2.43. The van der Waals surface area contributed by atoms with Gasteiger partial charge in [-0.2, -0.15) is 0 Å². The van der Waals surface area contributed by atoms with E-state index in [-0.39, 0.29) is 11.8 Å². The van der Waals surface area contributed by atoms with E-state index in [1.54, 1.807) is 0 Å². The first-order chi connectivity index (χ1) is 14.1. The monoisotopic (exact) mass is 391 g/mol. The molecule has 1 amide bonds. The van der Waals surface area contributed by atoms with Crippen LogP contribution in [0, 0.1) is 19.8 Å². The van der Waals surface area contributed by atoms with Gasteiger partial charge in [0.2, 0.25) is 5.91 Å². The van der Waals surface area contributed by atoms with Crippen molar-refractivity contribution in [2.45, 2.75) is 46.1 Å². The van der Waals surface area contributed by atoms with Gasteiger partial charge < -0.3 is 14.6 Å². The van der Waals surface area contributed by atoms with Crippen LogP contribution in [0.15, 0.2) is 42.5 Å². The summed E-state index contributed by atoms with van der Waals surface area (Å²) in [6.07, 6.45) is 3.81. The Balaban J connectivity index is 1.38. The van der Waals surface area contributed by atoms with Gasteiger partial charge in [-0.1, -0.05) is 18.2 Å². The lowest BCUT2D eigenvalue weighted by atomic mass is 10.1. The van der Waals surface area contributed by atoms with Crippen molar-refractivity contribution >= 4 is 16.9 Å². The molecule has 0 radical (unpaired) electrons. The summed E-state index contributed by atoms with van der Waals surface area (Å²) in [6.45, 7) is 6.25. The Morgan fingerprint density at radius 2 is 2.00 bits per heavy atom. The maximum Gasteiger partial charge on any atom is 0.223 e. The molecular weight excluding hydrogens is 362 g/mol. The molecule has 1 heterocycles. The van der Waals surface area contributed by atoms with Gasteiger partial charge in [-0.3, -0.25) is 4.79 Å². The fourth-order valence-corrected chi connectivity index (χ4v) is 3.57. The fraction of sp³-hybridized carbons (Fsp3) is 0.417. The van der Waals surface area contributed by atoms with Gasteiger partial charge in [0.25, 0.3) is 0 Å². The number of hydrogen-bond donors (Lipinski definition) is 1. The van der Waals surface area contributed by atoms with E-state index >= 15 is 0 Å². The first kappa shape index (κ1) is 19.5. The molecule has 4 rings (SSSR count). The van der Waals surface area contributed by atoms with Gasteiger partial charge in [-0.05, 0) is 68.5 Å². The maximum absolute atomic E-state index is 11.8. The molecule has 5 nitrogen and oxygen atoms in total. The largest absolute Gasteiger partial charge is 0.492 e. The number of para-hydroxylation sites is 2. The van der Waals surface area contributed by atoms with Gasteiger partial charge in [-0.15, -0.1) is 0 Å². The van der Waals surface area contributed by atoms with Crippen molar-refractivity contribution in [3.8, 4) is 5.75 Å². The highest BCUT2D eigenvalue weighted by Crippen LogP contribution is 2.28. The Labute approximate surface area is 172 Å². The molecule has 1 aliphatic carbocycles. The molecule has 152 valence electrons. The molecule has 3 aromatic rings. The molecule has 0 saturated heterocycles. The molecule has 0 atom stereocenters. The number of carbonyl (C=O) groups excluding carboxylic acids is 1. The van der Waals surface area contributed by atoms with Crippen LogP contribution < -0.4 is 10.1 Å². The zero-order valence-electron chi connectivity index (χ0n) is 17.3. The van der Waals surface area contributed by atoms with Crippen LogP contribution in [0.2, 0.25) is 0 Å². The van der Waals surface area contributed by atoms with Crippen molar-refractivity contribution in [3.63, 3.8) is 0 Å². The number of amides is 1. The SMILES string of the molecule is Cc1ccc(OCCn2c(CCCNC(=O)C3CC3)nc3ccccc32)cc1C. The molecule has 0 unspecified atom stereocenters. The summed E-state index contributed by atoms with van der Waals surface area (Å²) >= 11 is 0. The first-order valence-corrected chi connectivity index (χ1v) is 10.5. The third kappa shape index (κ3) is 4.78. The molecule has 29 heavy (non-hydrogen) atoms. The number of hydrogen-bond acceptors (Lipinski definition) is 3. The third-order valence-electron chi connectivity index (χ3n) is 5.62. The number of fused-ring (bicyclic) bond motifs is 1. The van der Waals surface area contributed by atoms with Crippen molar-refractivity contribution in [1.82, 2.24) is 14.9 Å². The molecular formula is C24H29N3O2. The number of ether oxygens (including phenoxy) is 1. The standard InChI is InChI=1S/C24H29N3O2/c1-17-9-12-20(16-18(17)2)29-15-14-27-22-7-4-3-6-21(22)26-23(27)8-5-13-25-24(28)19-10-11-19/h3-4,6-7,9,12,16,19H,5,8,10-11,13-15H2,1-2H3,(H,25,28). The van der Waals surface area contributed by atoms with Crippen LogP contribution in [-0.2, 0) is 17.8 Å². The number of imidazole rings is 1. The van der Waals surface area contributed by atoms with Crippen LogP contribution in [0.4, 0.5) is 0 Å². The normalized spacial score (nSPS) is 13.6. The highest BCUT2D eigenvalue weighted by molar-refractivity contribution is 5.80. The van der Waals surface area contributed by atoms with E-state index in [1.807, 2.05) is 24.3 Å². The molecule has 1 N–H and O–H groups in total. The van der Waals surface area contributed by atoms with E-state index in [4.69, 9.17) is 9.72 Å². The second-order valence-electron chi connectivity index (χ2n) is 7.93. The lowest BCUT2D eigenvalue weighted by Crippen LogP contribution is -2.26. The van der Waals surface area contributed by atoms with Crippen LogP contribution in [0.25, 0.3) is 11.0 Å². The number of carbonyl (C=O) groups is 1.